The highest BCUT2D eigenvalue weighted by atomic mass is 19.4. The van der Waals surface area contributed by atoms with Gasteiger partial charge in [0.25, 0.3) is 5.91 Å². The summed E-state index contributed by atoms with van der Waals surface area (Å²) in [7, 11) is 0. The molecule has 1 heterocycles. The largest absolute Gasteiger partial charge is 0.416 e. The Kier molecular flexibility index (Phi) is 6.39. The van der Waals surface area contributed by atoms with Gasteiger partial charge in [0.15, 0.2) is 0 Å². The van der Waals surface area contributed by atoms with E-state index in [0.717, 1.165) is 6.07 Å². The second-order valence-electron chi connectivity index (χ2n) is 6.95. The number of halogens is 3. The van der Waals surface area contributed by atoms with Crippen molar-refractivity contribution in [3.8, 4) is 0 Å². The number of hydrogen-bond donors (Lipinski definition) is 2. The molecule has 0 saturated carbocycles. The van der Waals surface area contributed by atoms with E-state index in [0.29, 0.717) is 5.56 Å². The predicted octanol–water partition coefficient (Wildman–Crippen LogP) is 2.35. The van der Waals surface area contributed by atoms with E-state index in [-0.39, 0.29) is 37.5 Å². The van der Waals surface area contributed by atoms with Gasteiger partial charge < -0.3 is 15.5 Å². The number of rotatable bonds is 6. The number of likely N-dealkylation sites (tertiary alicyclic amines) is 1. The first-order valence-electron chi connectivity index (χ1n) is 9.29. The Morgan fingerprint density at radius 2 is 1.70 bits per heavy atom. The number of carbonyl (C=O) groups is 3. The highest BCUT2D eigenvalue weighted by molar-refractivity contribution is 5.96. The molecular weight excluding hydrogens is 399 g/mol. The fourth-order valence-corrected chi connectivity index (χ4v) is 3.29. The Morgan fingerprint density at radius 1 is 1.03 bits per heavy atom. The van der Waals surface area contributed by atoms with Crippen molar-refractivity contribution in [2.24, 2.45) is 0 Å². The van der Waals surface area contributed by atoms with Crippen LogP contribution in [0.5, 0.6) is 0 Å². The zero-order valence-corrected chi connectivity index (χ0v) is 15.9. The van der Waals surface area contributed by atoms with E-state index in [2.05, 4.69) is 10.6 Å². The first-order valence-corrected chi connectivity index (χ1v) is 9.29. The van der Waals surface area contributed by atoms with Crippen LogP contribution in [0.15, 0.2) is 54.6 Å². The van der Waals surface area contributed by atoms with Crippen molar-refractivity contribution in [1.29, 1.82) is 0 Å². The van der Waals surface area contributed by atoms with Crippen LogP contribution in [0.1, 0.15) is 27.9 Å². The number of hydrogen-bond acceptors (Lipinski definition) is 3. The van der Waals surface area contributed by atoms with Crippen molar-refractivity contribution < 1.29 is 27.6 Å². The van der Waals surface area contributed by atoms with Crippen LogP contribution >= 0.6 is 0 Å². The number of carbonyl (C=O) groups excluding carboxylic acids is 3. The van der Waals surface area contributed by atoms with Gasteiger partial charge in [0.05, 0.1) is 18.2 Å². The van der Waals surface area contributed by atoms with E-state index in [1.807, 2.05) is 0 Å². The highest BCUT2D eigenvalue weighted by Gasteiger charge is 2.35. The van der Waals surface area contributed by atoms with E-state index in [4.69, 9.17) is 0 Å². The van der Waals surface area contributed by atoms with Gasteiger partial charge in [0, 0.05) is 25.1 Å². The summed E-state index contributed by atoms with van der Waals surface area (Å²) in [5.74, 6) is -1.22. The minimum absolute atomic E-state index is 0.000418. The quantitative estimate of drug-likeness (QED) is 0.755. The van der Waals surface area contributed by atoms with Crippen molar-refractivity contribution in [2.45, 2.75) is 25.2 Å². The van der Waals surface area contributed by atoms with Gasteiger partial charge in [-0.05, 0) is 23.8 Å². The minimum atomic E-state index is -4.51. The highest BCUT2D eigenvalue weighted by Crippen LogP contribution is 2.32. The summed E-state index contributed by atoms with van der Waals surface area (Å²) in [6.45, 7) is -0.357. The van der Waals surface area contributed by atoms with Gasteiger partial charge in [0.2, 0.25) is 11.8 Å². The number of nitrogens with one attached hydrogen (secondary N) is 2. The number of alkyl halides is 3. The molecule has 0 aliphatic carbocycles. The summed E-state index contributed by atoms with van der Waals surface area (Å²) in [6, 6.07) is 12.9. The molecule has 9 heteroatoms. The van der Waals surface area contributed by atoms with E-state index >= 15 is 0 Å². The molecule has 158 valence electrons. The molecule has 0 radical (unpaired) electrons. The van der Waals surface area contributed by atoms with Crippen LogP contribution in [0, 0.1) is 0 Å². The average molecular weight is 419 g/mol. The molecular formula is C21H20F3N3O3. The SMILES string of the molecule is O=C(CNC(=O)c1ccccc1)NC1CC(=O)N(Cc2ccccc2C(F)(F)F)C1. The molecule has 3 amide bonds. The molecule has 30 heavy (non-hydrogen) atoms. The normalized spacial score (nSPS) is 16.4. The molecule has 1 saturated heterocycles. The molecule has 0 spiro atoms. The lowest BCUT2D eigenvalue weighted by Gasteiger charge is -2.20. The second kappa shape index (κ2) is 8.98. The monoisotopic (exact) mass is 419 g/mol. The Hall–Kier alpha value is -3.36. The van der Waals surface area contributed by atoms with Crippen molar-refractivity contribution in [3.05, 3.63) is 71.3 Å². The van der Waals surface area contributed by atoms with Gasteiger partial charge in [-0.25, -0.2) is 0 Å². The molecule has 2 aromatic carbocycles. The lowest BCUT2D eigenvalue weighted by molar-refractivity contribution is -0.139. The number of amides is 3. The van der Waals surface area contributed by atoms with Gasteiger partial charge in [-0.1, -0.05) is 36.4 Å². The predicted molar refractivity (Wildman–Crippen MR) is 102 cm³/mol. The molecule has 0 aromatic heterocycles. The molecule has 1 atom stereocenters. The van der Waals surface area contributed by atoms with E-state index in [1.165, 1.54) is 23.1 Å². The smallest absolute Gasteiger partial charge is 0.350 e. The Balaban J connectivity index is 1.52. The van der Waals surface area contributed by atoms with E-state index in [1.54, 1.807) is 30.3 Å². The maximum atomic E-state index is 13.1. The summed E-state index contributed by atoms with van der Waals surface area (Å²) in [5.41, 5.74) is -0.370. The number of benzene rings is 2. The van der Waals surface area contributed by atoms with Crippen molar-refractivity contribution in [3.63, 3.8) is 0 Å². The fourth-order valence-electron chi connectivity index (χ4n) is 3.29. The molecule has 1 aliphatic heterocycles. The summed E-state index contributed by atoms with van der Waals surface area (Å²) in [5, 5.41) is 5.12. The molecule has 2 aromatic rings. The molecule has 1 aliphatic rings. The van der Waals surface area contributed by atoms with Crippen LogP contribution in [0.3, 0.4) is 0 Å². The summed E-state index contributed by atoms with van der Waals surface area (Å²) >= 11 is 0. The van der Waals surface area contributed by atoms with Crippen molar-refractivity contribution in [2.75, 3.05) is 13.1 Å². The Labute approximate surface area is 171 Å². The van der Waals surface area contributed by atoms with Crippen molar-refractivity contribution in [1.82, 2.24) is 15.5 Å². The third kappa shape index (κ3) is 5.37. The minimum Gasteiger partial charge on any atom is -0.350 e. The van der Waals surface area contributed by atoms with Crippen LogP contribution in [0.4, 0.5) is 13.2 Å². The van der Waals surface area contributed by atoms with Crippen LogP contribution in [-0.4, -0.2) is 41.8 Å². The molecule has 3 rings (SSSR count). The molecule has 0 bridgehead atoms. The van der Waals surface area contributed by atoms with Crippen LogP contribution in [0.25, 0.3) is 0 Å². The molecule has 1 fully saturated rings. The van der Waals surface area contributed by atoms with Gasteiger partial charge in [-0.3, -0.25) is 14.4 Å². The first kappa shape index (κ1) is 21.4. The lowest BCUT2D eigenvalue weighted by atomic mass is 10.1. The summed E-state index contributed by atoms with van der Waals surface area (Å²) in [6.07, 6.45) is -4.52. The first-order chi connectivity index (χ1) is 14.2. The van der Waals surface area contributed by atoms with Gasteiger partial charge in [-0.2, -0.15) is 13.2 Å². The maximum absolute atomic E-state index is 13.1. The zero-order valence-electron chi connectivity index (χ0n) is 15.9. The Bertz CT molecular complexity index is 932. The maximum Gasteiger partial charge on any atom is 0.416 e. The third-order valence-corrected chi connectivity index (χ3v) is 4.71. The average Bonchev–Trinajstić information content (AvgIpc) is 3.05. The summed E-state index contributed by atoms with van der Waals surface area (Å²) in [4.78, 5) is 37.5. The third-order valence-electron chi connectivity index (χ3n) is 4.71. The van der Waals surface area contributed by atoms with Gasteiger partial charge >= 0.3 is 6.18 Å². The molecule has 1 unspecified atom stereocenters. The number of nitrogens with zero attached hydrogens (tertiary/aromatic N) is 1. The standard InChI is InChI=1S/C21H20F3N3O3/c22-21(23,24)17-9-5-4-8-15(17)12-27-13-16(10-19(27)29)26-18(28)11-25-20(30)14-6-2-1-3-7-14/h1-9,16H,10-13H2,(H,25,30)(H,26,28). The van der Waals surface area contributed by atoms with Gasteiger partial charge in [0.1, 0.15) is 0 Å². The van der Waals surface area contributed by atoms with Gasteiger partial charge in [-0.15, -0.1) is 0 Å². The second-order valence-corrected chi connectivity index (χ2v) is 6.95. The fraction of sp³-hybridized carbons (Fsp3) is 0.286. The molecule has 6 nitrogen and oxygen atoms in total. The van der Waals surface area contributed by atoms with Crippen LogP contribution < -0.4 is 10.6 Å². The Morgan fingerprint density at radius 3 is 2.40 bits per heavy atom. The van der Waals surface area contributed by atoms with Crippen LogP contribution in [0.2, 0.25) is 0 Å². The van der Waals surface area contributed by atoms with E-state index < -0.39 is 29.6 Å². The topological polar surface area (TPSA) is 78.5 Å². The van der Waals surface area contributed by atoms with Crippen LogP contribution in [-0.2, 0) is 22.3 Å². The lowest BCUT2D eigenvalue weighted by Crippen LogP contribution is -2.43. The molecule has 2 N–H and O–H groups in total. The zero-order chi connectivity index (χ0) is 21.7. The summed E-state index contributed by atoms with van der Waals surface area (Å²) < 4.78 is 39.4. The van der Waals surface area contributed by atoms with Crippen molar-refractivity contribution >= 4 is 17.7 Å². The van der Waals surface area contributed by atoms with E-state index in [9.17, 15) is 27.6 Å².